The Labute approximate surface area is 486 Å². The minimum atomic E-state index is -0.540. The van der Waals surface area contributed by atoms with Crippen LogP contribution in [-0.2, 0) is 16.2 Å². The number of rotatable bonds is 7. The van der Waals surface area contributed by atoms with Crippen molar-refractivity contribution in [2.75, 3.05) is 4.90 Å². The number of anilines is 3. The van der Waals surface area contributed by atoms with Crippen molar-refractivity contribution >= 4 is 17.1 Å². The van der Waals surface area contributed by atoms with Crippen molar-refractivity contribution in [3.05, 3.63) is 376 Å². The van der Waals surface area contributed by atoms with Gasteiger partial charge in [0.1, 0.15) is 0 Å². The first-order valence-corrected chi connectivity index (χ1v) is 29.5. The molecular weight excluding hydrogens is 999 g/mol. The van der Waals surface area contributed by atoms with E-state index in [1.807, 2.05) is 0 Å². The number of hydrogen-bond acceptors (Lipinski definition) is 1. The molecule has 0 radical (unpaired) electrons. The van der Waals surface area contributed by atoms with Gasteiger partial charge >= 0.3 is 0 Å². The number of allylic oxidation sites excluding steroid dienone is 4. The molecule has 1 nitrogen and oxygen atoms in total. The molecule has 0 fully saturated rings. The number of hydrogen-bond donors (Lipinski definition) is 0. The Morgan fingerprint density at radius 2 is 0.747 bits per heavy atom. The van der Waals surface area contributed by atoms with Gasteiger partial charge in [-0.25, -0.2) is 0 Å². The second-order valence-electron chi connectivity index (χ2n) is 23.4. The molecule has 390 valence electrons. The van der Waals surface area contributed by atoms with E-state index >= 15 is 0 Å². The summed E-state index contributed by atoms with van der Waals surface area (Å²) in [6.45, 7) is 2.41. The van der Waals surface area contributed by atoms with Crippen LogP contribution < -0.4 is 4.90 Å². The van der Waals surface area contributed by atoms with Crippen molar-refractivity contribution in [3.63, 3.8) is 0 Å². The molecule has 12 aromatic rings. The summed E-state index contributed by atoms with van der Waals surface area (Å²) < 4.78 is 0. The predicted molar refractivity (Wildman–Crippen MR) is 343 cm³/mol. The van der Waals surface area contributed by atoms with E-state index in [1.165, 1.54) is 122 Å². The normalized spacial score (nSPS) is 17.4. The third-order valence-corrected chi connectivity index (χ3v) is 19.4. The average molecular weight is 1060 g/mol. The molecule has 2 unspecified atom stereocenters. The van der Waals surface area contributed by atoms with E-state index in [4.69, 9.17) is 0 Å². The first-order chi connectivity index (χ1) is 41.1. The Hall–Kier alpha value is -10.1. The van der Waals surface area contributed by atoms with E-state index < -0.39 is 16.2 Å². The first kappa shape index (κ1) is 47.7. The molecule has 5 aliphatic rings. The standard InChI is InChI=1S/C82H57N/c1-54-43-50-75-78(51-54)82(74-41-20-19-40-73(74)81(75)70-37-16-12-31-64(70)65-32-13-17-38-71(65)81)72-39-18-14-34-68(72)79-63(35-22-42-76(79)82)56-44-46-60(47-45-56)83(61-30-21-25-57(52-61)55-23-5-2-6-24-55)62-48-49-67-66-33-11-15-36-69(66)80(77(67)53-62,58-26-7-3-8-27-58)59-28-9-4-10-29-59/h2-50,52-54H,51H2,1H3. The Morgan fingerprint density at radius 3 is 1.37 bits per heavy atom. The zero-order valence-corrected chi connectivity index (χ0v) is 46.2. The van der Waals surface area contributed by atoms with Crippen LogP contribution in [-0.4, -0.2) is 0 Å². The molecule has 5 aliphatic carbocycles. The van der Waals surface area contributed by atoms with Gasteiger partial charge in [0.05, 0.1) is 16.2 Å². The van der Waals surface area contributed by atoms with Crippen molar-refractivity contribution in [2.45, 2.75) is 29.6 Å². The van der Waals surface area contributed by atoms with E-state index in [1.54, 1.807) is 0 Å². The Morgan fingerprint density at radius 1 is 0.301 bits per heavy atom. The predicted octanol–water partition coefficient (Wildman–Crippen LogP) is 20.4. The highest BCUT2D eigenvalue weighted by Gasteiger charge is 2.60. The first-order valence-electron chi connectivity index (χ1n) is 29.5. The minimum absolute atomic E-state index is 0.372. The van der Waals surface area contributed by atoms with E-state index in [0.29, 0.717) is 5.92 Å². The topological polar surface area (TPSA) is 3.24 Å². The van der Waals surface area contributed by atoms with E-state index in [-0.39, 0.29) is 0 Å². The van der Waals surface area contributed by atoms with Crippen molar-refractivity contribution in [3.8, 4) is 55.6 Å². The van der Waals surface area contributed by atoms with Crippen LogP contribution in [0.2, 0.25) is 0 Å². The monoisotopic (exact) mass is 1060 g/mol. The van der Waals surface area contributed by atoms with Gasteiger partial charge in [-0.1, -0.05) is 280 Å². The summed E-state index contributed by atoms with van der Waals surface area (Å²) >= 11 is 0. The molecule has 0 heterocycles. The molecule has 0 amide bonds. The highest BCUT2D eigenvalue weighted by atomic mass is 15.1. The van der Waals surface area contributed by atoms with Crippen LogP contribution in [0.25, 0.3) is 55.6 Å². The molecule has 0 aliphatic heterocycles. The molecular formula is C82H57N. The van der Waals surface area contributed by atoms with Crippen molar-refractivity contribution in [1.82, 2.24) is 0 Å². The SMILES string of the molecule is CC1C=CC2=C(C1)C1(c3ccccc3-c3c(-c4ccc(N(c5cccc(-c6ccccc6)c5)c5ccc6c(c5)C(c5ccccc5)(c5ccccc5)c5ccccc5-6)cc4)cccc31)c1ccccc1C21c2ccccc2-c2ccccc21. The summed E-state index contributed by atoms with van der Waals surface area (Å²) in [5.41, 5.74) is 30.7. The number of benzene rings is 12. The van der Waals surface area contributed by atoms with Gasteiger partial charge in [0, 0.05) is 17.1 Å². The van der Waals surface area contributed by atoms with Gasteiger partial charge in [-0.05, 0) is 171 Å². The Balaban J connectivity index is 0.862. The van der Waals surface area contributed by atoms with Crippen LogP contribution >= 0.6 is 0 Å². The third-order valence-electron chi connectivity index (χ3n) is 19.4. The molecule has 17 rings (SSSR count). The molecule has 0 bridgehead atoms. The summed E-state index contributed by atoms with van der Waals surface area (Å²) in [6.07, 6.45) is 5.98. The van der Waals surface area contributed by atoms with Gasteiger partial charge < -0.3 is 4.90 Å². The molecule has 0 N–H and O–H groups in total. The maximum atomic E-state index is 2.54. The molecule has 1 heteroatoms. The lowest BCUT2D eigenvalue weighted by molar-refractivity contribution is 0.549. The molecule has 12 aromatic carbocycles. The summed E-state index contributed by atoms with van der Waals surface area (Å²) in [5, 5.41) is 0. The lowest BCUT2D eigenvalue weighted by Crippen LogP contribution is -2.45. The van der Waals surface area contributed by atoms with Gasteiger partial charge in [0.2, 0.25) is 0 Å². The minimum Gasteiger partial charge on any atom is -0.310 e. The van der Waals surface area contributed by atoms with Crippen LogP contribution in [0.5, 0.6) is 0 Å². The van der Waals surface area contributed by atoms with Gasteiger partial charge in [0.15, 0.2) is 0 Å². The number of nitrogens with zero attached hydrogens (tertiary/aromatic N) is 1. The summed E-state index contributed by atoms with van der Waals surface area (Å²) in [7, 11) is 0. The molecule has 0 aromatic heterocycles. The lowest BCUT2D eigenvalue weighted by atomic mass is 9.50. The van der Waals surface area contributed by atoms with Gasteiger partial charge in [-0.2, -0.15) is 0 Å². The van der Waals surface area contributed by atoms with Gasteiger partial charge in [0.25, 0.3) is 0 Å². The second kappa shape index (κ2) is 18.2. The van der Waals surface area contributed by atoms with Gasteiger partial charge in [-0.15, -0.1) is 0 Å². The lowest BCUT2D eigenvalue weighted by Gasteiger charge is -2.51. The Kier molecular flexibility index (Phi) is 10.5. The second-order valence-corrected chi connectivity index (χ2v) is 23.4. The van der Waals surface area contributed by atoms with Crippen molar-refractivity contribution in [1.29, 1.82) is 0 Å². The smallest absolute Gasteiger partial charge is 0.0716 e. The third kappa shape index (κ3) is 6.48. The van der Waals surface area contributed by atoms with Crippen LogP contribution in [0.4, 0.5) is 17.1 Å². The molecule has 2 spiro atoms. The highest BCUT2D eigenvalue weighted by molar-refractivity contribution is 5.99. The van der Waals surface area contributed by atoms with Crippen LogP contribution in [0.3, 0.4) is 0 Å². The van der Waals surface area contributed by atoms with E-state index in [9.17, 15) is 0 Å². The maximum absolute atomic E-state index is 2.54. The summed E-state index contributed by atoms with van der Waals surface area (Å²) in [4.78, 5) is 2.47. The Bertz CT molecular complexity index is 4570. The van der Waals surface area contributed by atoms with Crippen molar-refractivity contribution < 1.29 is 0 Å². The fourth-order valence-electron chi connectivity index (χ4n) is 16.3. The molecule has 83 heavy (non-hydrogen) atoms. The largest absolute Gasteiger partial charge is 0.310 e. The highest BCUT2D eigenvalue weighted by Crippen LogP contribution is 2.70. The van der Waals surface area contributed by atoms with Gasteiger partial charge in [-0.3, -0.25) is 0 Å². The van der Waals surface area contributed by atoms with Crippen LogP contribution in [0, 0.1) is 5.92 Å². The summed E-state index contributed by atoms with van der Waals surface area (Å²) in [6, 6.07) is 112. The maximum Gasteiger partial charge on any atom is 0.0716 e. The van der Waals surface area contributed by atoms with Crippen LogP contribution in [0.15, 0.2) is 321 Å². The molecule has 0 saturated heterocycles. The van der Waals surface area contributed by atoms with Crippen LogP contribution in [0.1, 0.15) is 69.0 Å². The summed E-state index contributed by atoms with van der Waals surface area (Å²) in [5.74, 6) is 0.372. The average Bonchev–Trinajstić information content (AvgIpc) is 1.62. The fourth-order valence-corrected chi connectivity index (χ4v) is 16.3. The zero-order chi connectivity index (χ0) is 54.9. The fraction of sp³-hybridized carbons (Fsp3) is 0.0732. The number of fused-ring (bicyclic) bond motifs is 18. The van der Waals surface area contributed by atoms with E-state index in [0.717, 1.165) is 23.5 Å². The van der Waals surface area contributed by atoms with E-state index in [2.05, 4.69) is 321 Å². The van der Waals surface area contributed by atoms with Crippen molar-refractivity contribution in [2.24, 2.45) is 5.92 Å². The zero-order valence-electron chi connectivity index (χ0n) is 46.2. The molecule has 0 saturated carbocycles. The quantitative estimate of drug-likeness (QED) is 0.154. The molecule has 2 atom stereocenters.